The van der Waals surface area contributed by atoms with Crippen LogP contribution in [0.5, 0.6) is 0 Å². The van der Waals surface area contributed by atoms with E-state index in [-0.39, 0.29) is 0 Å². The number of piperidine rings is 1. The lowest BCUT2D eigenvalue weighted by Crippen LogP contribution is -2.46. The van der Waals surface area contributed by atoms with Gasteiger partial charge in [-0.2, -0.15) is 0 Å². The van der Waals surface area contributed by atoms with Crippen LogP contribution in [-0.4, -0.2) is 12.6 Å². The second kappa shape index (κ2) is 5.08. The molecule has 0 bridgehead atoms. The molecule has 1 heterocycles. The van der Waals surface area contributed by atoms with E-state index in [0.29, 0.717) is 0 Å². The first-order valence-corrected chi connectivity index (χ1v) is 7.31. The fraction of sp³-hybridized carbons (Fsp3) is 1.00. The lowest BCUT2D eigenvalue weighted by atomic mass is 9.67. The first-order valence-electron chi connectivity index (χ1n) is 7.31. The van der Waals surface area contributed by atoms with Gasteiger partial charge in [0.25, 0.3) is 0 Å². The maximum absolute atomic E-state index is 3.79. The molecule has 0 amide bonds. The minimum absolute atomic E-state index is 0.827. The molecular weight excluding hydrogens is 194 g/mol. The molecule has 0 aromatic rings. The van der Waals surface area contributed by atoms with Crippen molar-refractivity contribution in [3.05, 3.63) is 0 Å². The molecule has 1 saturated heterocycles. The quantitative estimate of drug-likeness (QED) is 0.715. The molecule has 4 atom stereocenters. The fourth-order valence-corrected chi connectivity index (χ4v) is 3.79. The second-order valence-corrected chi connectivity index (χ2v) is 6.74. The normalized spacial score (nSPS) is 50.2. The highest BCUT2D eigenvalue weighted by Gasteiger charge is 2.35. The monoisotopic (exact) mass is 223 g/mol. The molecule has 1 nitrogen and oxygen atoms in total. The van der Waals surface area contributed by atoms with Crippen LogP contribution in [0.25, 0.3) is 0 Å². The van der Waals surface area contributed by atoms with Gasteiger partial charge in [-0.15, -0.1) is 0 Å². The fourth-order valence-electron chi connectivity index (χ4n) is 3.79. The van der Waals surface area contributed by atoms with Crippen molar-refractivity contribution >= 4 is 0 Å². The third-order valence-electron chi connectivity index (χ3n) is 5.41. The second-order valence-electron chi connectivity index (χ2n) is 6.74. The largest absolute Gasteiger partial charge is 0.313 e. The van der Waals surface area contributed by atoms with Gasteiger partial charge < -0.3 is 5.32 Å². The number of hydrogen-bond donors (Lipinski definition) is 1. The van der Waals surface area contributed by atoms with Crippen molar-refractivity contribution in [2.75, 3.05) is 6.54 Å². The molecular formula is C15H29N. The molecule has 0 radical (unpaired) electrons. The topological polar surface area (TPSA) is 12.0 Å². The summed E-state index contributed by atoms with van der Waals surface area (Å²) < 4.78 is 0. The molecule has 16 heavy (non-hydrogen) atoms. The van der Waals surface area contributed by atoms with Crippen molar-refractivity contribution < 1.29 is 0 Å². The summed E-state index contributed by atoms with van der Waals surface area (Å²) >= 11 is 0. The Labute approximate surface area is 101 Å². The molecule has 0 aromatic carbocycles. The molecule has 1 heteroatoms. The van der Waals surface area contributed by atoms with Crippen LogP contribution in [0.15, 0.2) is 0 Å². The van der Waals surface area contributed by atoms with Crippen LogP contribution in [0.2, 0.25) is 0 Å². The Bertz CT molecular complexity index is 205. The standard InChI is InChI=1S/C15H29N/c1-10-5-6-15(16-9-10)14-7-11(2)13(4)12(3)8-14/h10-16H,5-9H2,1-4H3. The van der Waals surface area contributed by atoms with Crippen LogP contribution in [0.4, 0.5) is 0 Å². The highest BCUT2D eigenvalue weighted by Crippen LogP contribution is 2.40. The van der Waals surface area contributed by atoms with Crippen LogP contribution < -0.4 is 5.32 Å². The molecule has 1 aliphatic heterocycles. The molecule has 2 aliphatic rings. The Hall–Kier alpha value is -0.0400. The average molecular weight is 223 g/mol. The lowest BCUT2D eigenvalue weighted by Gasteiger charge is -2.43. The number of hydrogen-bond acceptors (Lipinski definition) is 1. The Balaban J connectivity index is 1.90. The van der Waals surface area contributed by atoms with E-state index in [2.05, 4.69) is 33.0 Å². The molecule has 94 valence electrons. The lowest BCUT2D eigenvalue weighted by molar-refractivity contribution is 0.101. The first kappa shape index (κ1) is 12.4. The van der Waals surface area contributed by atoms with Gasteiger partial charge >= 0.3 is 0 Å². The summed E-state index contributed by atoms with van der Waals surface area (Å²) in [6.07, 6.45) is 5.77. The van der Waals surface area contributed by atoms with E-state index in [1.807, 2.05) is 0 Å². The van der Waals surface area contributed by atoms with E-state index >= 15 is 0 Å². The Morgan fingerprint density at radius 3 is 2.00 bits per heavy atom. The summed E-state index contributed by atoms with van der Waals surface area (Å²) in [5.41, 5.74) is 0. The number of rotatable bonds is 1. The molecule has 0 spiro atoms. The van der Waals surface area contributed by atoms with Crippen LogP contribution in [0.1, 0.15) is 53.4 Å². The highest BCUT2D eigenvalue weighted by molar-refractivity contribution is 4.88. The predicted octanol–water partition coefficient (Wildman–Crippen LogP) is 3.69. The maximum Gasteiger partial charge on any atom is 0.00957 e. The molecule has 1 aliphatic carbocycles. The molecule has 4 unspecified atom stereocenters. The van der Waals surface area contributed by atoms with Gasteiger partial charge in [-0.1, -0.05) is 27.7 Å². The van der Waals surface area contributed by atoms with E-state index in [4.69, 9.17) is 0 Å². The Kier molecular flexibility index (Phi) is 3.94. The molecule has 2 fully saturated rings. The van der Waals surface area contributed by atoms with Crippen molar-refractivity contribution in [3.8, 4) is 0 Å². The first-order chi connectivity index (χ1) is 7.58. The zero-order valence-electron chi connectivity index (χ0n) is 11.5. The van der Waals surface area contributed by atoms with Crippen molar-refractivity contribution in [3.63, 3.8) is 0 Å². The van der Waals surface area contributed by atoms with E-state index in [1.54, 1.807) is 0 Å². The van der Waals surface area contributed by atoms with Crippen molar-refractivity contribution in [2.24, 2.45) is 29.6 Å². The summed E-state index contributed by atoms with van der Waals surface area (Å²) in [5.74, 6) is 4.63. The van der Waals surface area contributed by atoms with E-state index in [1.165, 1.54) is 32.2 Å². The van der Waals surface area contributed by atoms with Gasteiger partial charge in [0.05, 0.1) is 0 Å². The van der Waals surface area contributed by atoms with Gasteiger partial charge in [-0.25, -0.2) is 0 Å². The summed E-state index contributed by atoms with van der Waals surface area (Å²) in [4.78, 5) is 0. The van der Waals surface area contributed by atoms with Crippen LogP contribution >= 0.6 is 0 Å². The Morgan fingerprint density at radius 1 is 0.875 bits per heavy atom. The maximum atomic E-state index is 3.79. The third kappa shape index (κ3) is 2.61. The summed E-state index contributed by atoms with van der Waals surface area (Å²) in [5, 5.41) is 3.79. The van der Waals surface area contributed by atoms with E-state index in [0.717, 1.165) is 35.6 Å². The van der Waals surface area contributed by atoms with E-state index in [9.17, 15) is 0 Å². The van der Waals surface area contributed by atoms with Crippen LogP contribution in [-0.2, 0) is 0 Å². The third-order valence-corrected chi connectivity index (χ3v) is 5.41. The molecule has 0 aromatic heterocycles. The minimum Gasteiger partial charge on any atom is -0.313 e. The van der Waals surface area contributed by atoms with Gasteiger partial charge in [0.15, 0.2) is 0 Å². The van der Waals surface area contributed by atoms with E-state index < -0.39 is 0 Å². The molecule has 2 rings (SSSR count). The summed E-state index contributed by atoms with van der Waals surface area (Å²) in [6, 6.07) is 0.827. The average Bonchev–Trinajstić information content (AvgIpc) is 2.26. The molecule has 1 N–H and O–H groups in total. The van der Waals surface area contributed by atoms with Crippen LogP contribution in [0, 0.1) is 29.6 Å². The zero-order valence-corrected chi connectivity index (χ0v) is 11.5. The summed E-state index contributed by atoms with van der Waals surface area (Å²) in [6.45, 7) is 11.0. The van der Waals surface area contributed by atoms with Gasteiger partial charge in [0, 0.05) is 6.04 Å². The number of nitrogens with one attached hydrogen (secondary N) is 1. The summed E-state index contributed by atoms with van der Waals surface area (Å²) in [7, 11) is 0. The van der Waals surface area contributed by atoms with Gasteiger partial charge in [-0.3, -0.25) is 0 Å². The highest BCUT2D eigenvalue weighted by atomic mass is 14.9. The van der Waals surface area contributed by atoms with Gasteiger partial charge in [0.2, 0.25) is 0 Å². The van der Waals surface area contributed by atoms with Crippen molar-refractivity contribution in [1.29, 1.82) is 0 Å². The predicted molar refractivity (Wildman–Crippen MR) is 70.4 cm³/mol. The zero-order chi connectivity index (χ0) is 11.7. The SMILES string of the molecule is CC1CCC(C2CC(C)C(C)C(C)C2)NC1. The molecule has 1 saturated carbocycles. The van der Waals surface area contributed by atoms with Gasteiger partial charge in [-0.05, 0) is 61.8 Å². The van der Waals surface area contributed by atoms with Gasteiger partial charge in [0.1, 0.15) is 0 Å². The van der Waals surface area contributed by atoms with Crippen LogP contribution in [0.3, 0.4) is 0 Å². The van der Waals surface area contributed by atoms with Crippen molar-refractivity contribution in [1.82, 2.24) is 5.32 Å². The smallest absolute Gasteiger partial charge is 0.00957 e. The minimum atomic E-state index is 0.827. The Morgan fingerprint density at radius 2 is 1.50 bits per heavy atom. The van der Waals surface area contributed by atoms with Crippen molar-refractivity contribution in [2.45, 2.75) is 59.4 Å².